The molecule has 7 heteroatoms. The number of benzene rings is 1. The smallest absolute Gasteiger partial charge is 0.269 e. The molecule has 3 aromatic rings. The third-order valence-corrected chi connectivity index (χ3v) is 3.85. The highest BCUT2D eigenvalue weighted by Crippen LogP contribution is 2.19. The van der Waals surface area contributed by atoms with Crippen molar-refractivity contribution in [1.82, 2.24) is 20.3 Å². The zero-order chi connectivity index (χ0) is 19.2. The Balaban J connectivity index is 1.63. The zero-order valence-electron chi connectivity index (χ0n) is 15.2. The number of hydrogen-bond donors (Lipinski definition) is 3. The Bertz CT molecular complexity index is 891. The lowest BCUT2D eigenvalue weighted by Crippen LogP contribution is -2.31. The Morgan fingerprint density at radius 1 is 1.00 bits per heavy atom. The fraction of sp³-hybridized carbons (Fsp3) is 0.200. The van der Waals surface area contributed by atoms with Crippen LogP contribution in [0.5, 0.6) is 0 Å². The highest BCUT2D eigenvalue weighted by Gasteiger charge is 2.08. The van der Waals surface area contributed by atoms with Crippen molar-refractivity contribution in [2.75, 3.05) is 11.9 Å². The van der Waals surface area contributed by atoms with Gasteiger partial charge in [-0.3, -0.25) is 4.79 Å². The SMILES string of the molecule is Cc1ccc(-c2cnc(Nc3ccc(C(=O)NCC(C)O)nc3)nc2)cc1. The molecule has 0 fully saturated rings. The second kappa shape index (κ2) is 8.37. The van der Waals surface area contributed by atoms with E-state index >= 15 is 0 Å². The number of aliphatic hydroxyl groups is 1. The fourth-order valence-corrected chi connectivity index (χ4v) is 2.35. The topological polar surface area (TPSA) is 100 Å². The van der Waals surface area contributed by atoms with Gasteiger partial charge < -0.3 is 15.7 Å². The molecule has 0 saturated heterocycles. The third-order valence-electron chi connectivity index (χ3n) is 3.85. The van der Waals surface area contributed by atoms with Gasteiger partial charge in [0.2, 0.25) is 5.95 Å². The normalized spacial score (nSPS) is 11.7. The number of nitrogens with one attached hydrogen (secondary N) is 2. The molecular weight excluding hydrogens is 342 g/mol. The number of rotatable bonds is 6. The maximum atomic E-state index is 11.9. The highest BCUT2D eigenvalue weighted by atomic mass is 16.3. The van der Waals surface area contributed by atoms with Crippen LogP contribution in [0.2, 0.25) is 0 Å². The Morgan fingerprint density at radius 2 is 1.70 bits per heavy atom. The van der Waals surface area contributed by atoms with Crippen LogP contribution in [-0.4, -0.2) is 38.6 Å². The molecule has 0 aliphatic rings. The lowest BCUT2D eigenvalue weighted by molar-refractivity contribution is 0.0919. The average molecular weight is 363 g/mol. The predicted octanol–water partition coefficient (Wildman–Crippen LogP) is 2.70. The molecule has 2 heterocycles. The van der Waals surface area contributed by atoms with E-state index in [1.54, 1.807) is 31.5 Å². The Hall–Kier alpha value is -3.32. The van der Waals surface area contributed by atoms with Gasteiger partial charge in [-0.25, -0.2) is 15.0 Å². The molecule has 0 radical (unpaired) electrons. The first-order chi connectivity index (χ1) is 13.0. The summed E-state index contributed by atoms with van der Waals surface area (Å²) in [6.45, 7) is 3.83. The molecule has 1 unspecified atom stereocenters. The number of aliphatic hydroxyl groups excluding tert-OH is 1. The van der Waals surface area contributed by atoms with Gasteiger partial charge in [0, 0.05) is 24.5 Å². The summed E-state index contributed by atoms with van der Waals surface area (Å²) in [7, 11) is 0. The Kier molecular flexibility index (Phi) is 5.73. The molecule has 0 aliphatic carbocycles. The van der Waals surface area contributed by atoms with Gasteiger partial charge >= 0.3 is 0 Å². The van der Waals surface area contributed by atoms with Gasteiger partial charge in [0.25, 0.3) is 5.91 Å². The fourth-order valence-electron chi connectivity index (χ4n) is 2.35. The predicted molar refractivity (Wildman–Crippen MR) is 104 cm³/mol. The second-order valence-electron chi connectivity index (χ2n) is 6.28. The van der Waals surface area contributed by atoms with E-state index in [0.29, 0.717) is 11.6 Å². The number of anilines is 2. The third kappa shape index (κ3) is 5.08. The van der Waals surface area contributed by atoms with Gasteiger partial charge in [-0.15, -0.1) is 0 Å². The molecule has 3 N–H and O–H groups in total. The van der Waals surface area contributed by atoms with Crippen molar-refractivity contribution < 1.29 is 9.90 Å². The van der Waals surface area contributed by atoms with Crippen LogP contribution in [0, 0.1) is 6.92 Å². The minimum Gasteiger partial charge on any atom is -0.392 e. The van der Waals surface area contributed by atoms with Gasteiger partial charge in [-0.1, -0.05) is 29.8 Å². The molecule has 0 saturated carbocycles. The summed E-state index contributed by atoms with van der Waals surface area (Å²) in [6, 6.07) is 11.5. The minimum atomic E-state index is -0.602. The summed E-state index contributed by atoms with van der Waals surface area (Å²) in [5.74, 6) is 0.111. The molecule has 138 valence electrons. The lowest BCUT2D eigenvalue weighted by atomic mass is 10.1. The van der Waals surface area contributed by atoms with Crippen molar-refractivity contribution in [2.24, 2.45) is 0 Å². The van der Waals surface area contributed by atoms with Crippen molar-refractivity contribution in [3.05, 3.63) is 66.2 Å². The van der Waals surface area contributed by atoms with Crippen molar-refractivity contribution in [3.8, 4) is 11.1 Å². The van der Waals surface area contributed by atoms with Crippen molar-refractivity contribution in [3.63, 3.8) is 0 Å². The standard InChI is InChI=1S/C20H21N5O2/c1-13-3-5-15(6-4-13)16-10-23-20(24-11-16)25-17-7-8-18(21-12-17)19(27)22-9-14(2)26/h3-8,10-12,14,26H,9H2,1-2H3,(H,22,27)(H,23,24,25). The zero-order valence-corrected chi connectivity index (χ0v) is 15.2. The molecule has 0 aliphatic heterocycles. The van der Waals surface area contributed by atoms with Gasteiger partial charge in [0.1, 0.15) is 5.69 Å². The summed E-state index contributed by atoms with van der Waals surface area (Å²) in [5.41, 5.74) is 4.14. The molecule has 3 rings (SSSR count). The van der Waals surface area contributed by atoms with Crippen LogP contribution in [0.3, 0.4) is 0 Å². The first-order valence-corrected chi connectivity index (χ1v) is 8.59. The molecule has 1 amide bonds. The highest BCUT2D eigenvalue weighted by molar-refractivity contribution is 5.92. The van der Waals surface area contributed by atoms with Crippen LogP contribution in [0.1, 0.15) is 23.0 Å². The van der Waals surface area contributed by atoms with E-state index in [1.807, 2.05) is 31.2 Å². The van der Waals surface area contributed by atoms with Crippen molar-refractivity contribution >= 4 is 17.5 Å². The number of aryl methyl sites for hydroxylation is 1. The van der Waals surface area contributed by atoms with Crippen molar-refractivity contribution in [1.29, 1.82) is 0 Å². The number of carbonyl (C=O) groups is 1. The van der Waals surface area contributed by atoms with Crippen molar-refractivity contribution in [2.45, 2.75) is 20.0 Å². The largest absolute Gasteiger partial charge is 0.392 e. The van der Waals surface area contributed by atoms with Gasteiger partial charge in [0.15, 0.2) is 0 Å². The first kappa shape index (κ1) is 18.5. The Morgan fingerprint density at radius 3 is 2.30 bits per heavy atom. The Labute approximate surface area is 157 Å². The number of pyridine rings is 1. The van der Waals surface area contributed by atoms with E-state index in [-0.39, 0.29) is 18.1 Å². The number of carbonyl (C=O) groups excluding carboxylic acids is 1. The molecular formula is C20H21N5O2. The number of nitrogens with zero attached hydrogens (tertiary/aromatic N) is 3. The van der Waals surface area contributed by atoms with Crippen LogP contribution >= 0.6 is 0 Å². The van der Waals surface area contributed by atoms with Crippen LogP contribution in [0.15, 0.2) is 55.0 Å². The summed E-state index contributed by atoms with van der Waals surface area (Å²) >= 11 is 0. The molecule has 0 spiro atoms. The lowest BCUT2D eigenvalue weighted by Gasteiger charge is -2.08. The van der Waals surface area contributed by atoms with Crippen LogP contribution in [-0.2, 0) is 0 Å². The summed E-state index contributed by atoms with van der Waals surface area (Å²) in [4.78, 5) is 24.6. The molecule has 27 heavy (non-hydrogen) atoms. The maximum absolute atomic E-state index is 11.9. The average Bonchev–Trinajstić information content (AvgIpc) is 2.68. The maximum Gasteiger partial charge on any atom is 0.269 e. The first-order valence-electron chi connectivity index (χ1n) is 8.59. The van der Waals surface area contributed by atoms with Crippen LogP contribution in [0.4, 0.5) is 11.6 Å². The number of hydrogen-bond acceptors (Lipinski definition) is 6. The van der Waals surface area contributed by atoms with E-state index in [9.17, 15) is 9.90 Å². The van der Waals surface area contributed by atoms with Gasteiger partial charge in [-0.2, -0.15) is 0 Å². The van der Waals surface area contributed by atoms with Crippen LogP contribution < -0.4 is 10.6 Å². The molecule has 2 aromatic heterocycles. The summed E-state index contributed by atoms with van der Waals surface area (Å²) < 4.78 is 0. The molecule has 1 aromatic carbocycles. The minimum absolute atomic E-state index is 0.182. The number of aromatic nitrogens is 3. The second-order valence-corrected chi connectivity index (χ2v) is 6.28. The van der Waals surface area contributed by atoms with E-state index in [4.69, 9.17) is 0 Å². The summed E-state index contributed by atoms with van der Waals surface area (Å²) in [6.07, 6.45) is 4.44. The van der Waals surface area contributed by atoms with E-state index in [2.05, 4.69) is 25.6 Å². The number of amides is 1. The van der Waals surface area contributed by atoms with Gasteiger partial charge in [-0.05, 0) is 31.5 Å². The van der Waals surface area contributed by atoms with E-state index in [0.717, 1.165) is 11.1 Å². The van der Waals surface area contributed by atoms with Gasteiger partial charge in [0.05, 0.1) is 18.0 Å². The van der Waals surface area contributed by atoms with Crippen LogP contribution in [0.25, 0.3) is 11.1 Å². The molecule has 0 bridgehead atoms. The molecule has 1 atom stereocenters. The quantitative estimate of drug-likeness (QED) is 0.623. The summed E-state index contributed by atoms with van der Waals surface area (Å²) in [5, 5.41) is 14.8. The monoisotopic (exact) mass is 363 g/mol. The van der Waals surface area contributed by atoms with E-state index < -0.39 is 6.10 Å². The molecule has 7 nitrogen and oxygen atoms in total. The van der Waals surface area contributed by atoms with E-state index in [1.165, 1.54) is 11.8 Å².